The van der Waals surface area contributed by atoms with E-state index >= 15 is 0 Å². The first-order valence-corrected chi connectivity index (χ1v) is 10.4. The molecule has 2 heterocycles. The number of nitrogens with zero attached hydrogens (tertiary/aromatic N) is 3. The van der Waals surface area contributed by atoms with Crippen molar-refractivity contribution in [1.82, 2.24) is 19.4 Å². The number of nitrogens with one attached hydrogen (secondary N) is 1. The molecule has 7 nitrogen and oxygen atoms in total. The van der Waals surface area contributed by atoms with Gasteiger partial charge < -0.3 is 5.32 Å². The number of amides is 1. The van der Waals surface area contributed by atoms with Crippen molar-refractivity contribution < 1.29 is 13.2 Å². The fraction of sp³-hybridized carbons (Fsp3) is 0.444. The van der Waals surface area contributed by atoms with Crippen LogP contribution in [-0.2, 0) is 14.8 Å². The summed E-state index contributed by atoms with van der Waals surface area (Å²) in [5.74, 6) is 0.378. The van der Waals surface area contributed by atoms with Gasteiger partial charge >= 0.3 is 0 Å². The van der Waals surface area contributed by atoms with Crippen molar-refractivity contribution >= 4 is 15.9 Å². The van der Waals surface area contributed by atoms with Crippen LogP contribution in [0.2, 0.25) is 0 Å². The van der Waals surface area contributed by atoms with Gasteiger partial charge in [-0.2, -0.15) is 9.40 Å². The highest BCUT2D eigenvalue weighted by Crippen LogP contribution is 2.29. The lowest BCUT2D eigenvalue weighted by Gasteiger charge is -2.22. The van der Waals surface area contributed by atoms with E-state index in [1.807, 2.05) is 30.3 Å². The van der Waals surface area contributed by atoms with Gasteiger partial charge in [0.2, 0.25) is 15.9 Å². The van der Waals surface area contributed by atoms with Crippen LogP contribution in [0.3, 0.4) is 0 Å². The number of para-hydroxylation sites is 1. The highest BCUT2D eigenvalue weighted by Gasteiger charge is 2.40. The lowest BCUT2D eigenvalue weighted by molar-refractivity contribution is -0.124. The van der Waals surface area contributed by atoms with Crippen LogP contribution in [0, 0.1) is 5.92 Å². The zero-order valence-corrected chi connectivity index (χ0v) is 15.2. The molecule has 1 aliphatic heterocycles. The summed E-state index contributed by atoms with van der Waals surface area (Å²) < 4.78 is 28.9. The lowest BCUT2D eigenvalue weighted by Crippen LogP contribution is -2.46. The van der Waals surface area contributed by atoms with E-state index in [2.05, 4.69) is 10.4 Å². The SMILES string of the molecule is O=C(NCC1CC1)C1CCCN1S(=O)(=O)c1cnn(-c2ccccc2)c1. The normalized spacial score (nSPS) is 21.0. The maximum atomic E-state index is 13.0. The molecule has 1 aromatic heterocycles. The summed E-state index contributed by atoms with van der Waals surface area (Å²) in [5.41, 5.74) is 0.786. The van der Waals surface area contributed by atoms with E-state index < -0.39 is 16.1 Å². The summed E-state index contributed by atoms with van der Waals surface area (Å²) in [7, 11) is -3.75. The number of hydrogen-bond acceptors (Lipinski definition) is 4. The lowest BCUT2D eigenvalue weighted by atomic mass is 10.2. The van der Waals surface area contributed by atoms with Crippen molar-refractivity contribution in [3.8, 4) is 5.69 Å². The number of aromatic nitrogens is 2. The first-order chi connectivity index (χ1) is 12.6. The van der Waals surface area contributed by atoms with E-state index in [-0.39, 0.29) is 10.8 Å². The van der Waals surface area contributed by atoms with Crippen LogP contribution in [0.15, 0.2) is 47.6 Å². The number of rotatable bonds is 6. The smallest absolute Gasteiger partial charge is 0.246 e. The summed E-state index contributed by atoms with van der Waals surface area (Å²) >= 11 is 0. The Morgan fingerprint density at radius 1 is 1.19 bits per heavy atom. The highest BCUT2D eigenvalue weighted by molar-refractivity contribution is 7.89. The van der Waals surface area contributed by atoms with Gasteiger partial charge in [0, 0.05) is 13.1 Å². The molecule has 2 aromatic rings. The third kappa shape index (κ3) is 3.39. The Morgan fingerprint density at radius 2 is 1.96 bits per heavy atom. The maximum Gasteiger partial charge on any atom is 0.246 e. The van der Waals surface area contributed by atoms with Gasteiger partial charge in [0.1, 0.15) is 10.9 Å². The van der Waals surface area contributed by atoms with Crippen molar-refractivity contribution in [3.63, 3.8) is 0 Å². The Balaban J connectivity index is 1.53. The summed E-state index contributed by atoms with van der Waals surface area (Å²) in [6.45, 7) is 1.01. The third-order valence-electron chi connectivity index (χ3n) is 4.95. The first-order valence-electron chi connectivity index (χ1n) is 8.95. The Labute approximate surface area is 153 Å². The number of benzene rings is 1. The van der Waals surface area contributed by atoms with Crippen molar-refractivity contribution in [2.45, 2.75) is 36.6 Å². The van der Waals surface area contributed by atoms with Gasteiger partial charge in [-0.3, -0.25) is 4.79 Å². The summed E-state index contributed by atoms with van der Waals surface area (Å²) in [4.78, 5) is 12.6. The first kappa shape index (κ1) is 17.2. The molecular weight excluding hydrogens is 352 g/mol. The zero-order valence-electron chi connectivity index (χ0n) is 14.4. The molecule has 4 rings (SSSR count). The molecule has 2 fully saturated rings. The highest BCUT2D eigenvalue weighted by atomic mass is 32.2. The van der Waals surface area contributed by atoms with Crippen LogP contribution in [0.5, 0.6) is 0 Å². The van der Waals surface area contributed by atoms with Gasteiger partial charge in [-0.1, -0.05) is 18.2 Å². The van der Waals surface area contributed by atoms with E-state index in [4.69, 9.17) is 0 Å². The molecule has 2 aliphatic rings. The van der Waals surface area contributed by atoms with Crippen molar-refractivity contribution in [2.75, 3.05) is 13.1 Å². The monoisotopic (exact) mass is 374 g/mol. The molecule has 8 heteroatoms. The van der Waals surface area contributed by atoms with Gasteiger partial charge in [-0.25, -0.2) is 13.1 Å². The topological polar surface area (TPSA) is 84.3 Å². The van der Waals surface area contributed by atoms with Crippen LogP contribution in [0.25, 0.3) is 5.69 Å². The molecule has 138 valence electrons. The molecule has 1 amide bonds. The number of carbonyl (C=O) groups excluding carboxylic acids is 1. The van der Waals surface area contributed by atoms with E-state index in [9.17, 15) is 13.2 Å². The quantitative estimate of drug-likeness (QED) is 0.831. The zero-order chi connectivity index (χ0) is 18.1. The molecule has 0 radical (unpaired) electrons. The molecule has 26 heavy (non-hydrogen) atoms. The van der Waals surface area contributed by atoms with E-state index in [0.29, 0.717) is 31.8 Å². The predicted octanol–water partition coefficient (Wildman–Crippen LogP) is 1.55. The number of hydrogen-bond donors (Lipinski definition) is 1. The maximum absolute atomic E-state index is 13.0. The number of carbonyl (C=O) groups is 1. The second-order valence-corrected chi connectivity index (χ2v) is 8.81. The molecular formula is C18H22N4O3S. The Bertz CT molecular complexity index is 890. The van der Waals surface area contributed by atoms with Gasteiger partial charge in [0.25, 0.3) is 0 Å². The molecule has 1 N–H and O–H groups in total. The van der Waals surface area contributed by atoms with Gasteiger partial charge in [-0.15, -0.1) is 0 Å². The van der Waals surface area contributed by atoms with E-state index in [1.54, 1.807) is 0 Å². The fourth-order valence-corrected chi connectivity index (χ4v) is 4.86. The molecule has 1 saturated carbocycles. The predicted molar refractivity (Wildman–Crippen MR) is 96.2 cm³/mol. The average Bonchev–Trinajstić information content (AvgIpc) is 3.14. The summed E-state index contributed by atoms with van der Waals surface area (Å²) in [6.07, 6.45) is 6.38. The Morgan fingerprint density at radius 3 is 2.69 bits per heavy atom. The second kappa shape index (κ2) is 6.85. The molecule has 1 atom stereocenters. The minimum absolute atomic E-state index is 0.114. The summed E-state index contributed by atoms with van der Waals surface area (Å²) in [6, 6.07) is 8.71. The minimum atomic E-state index is -3.75. The van der Waals surface area contributed by atoms with Crippen LogP contribution in [0.1, 0.15) is 25.7 Å². The molecule has 1 aromatic carbocycles. The largest absolute Gasteiger partial charge is 0.354 e. The van der Waals surface area contributed by atoms with Crippen LogP contribution >= 0.6 is 0 Å². The van der Waals surface area contributed by atoms with E-state index in [1.165, 1.54) is 21.4 Å². The van der Waals surface area contributed by atoms with Crippen molar-refractivity contribution in [3.05, 3.63) is 42.7 Å². The van der Waals surface area contributed by atoms with Crippen LogP contribution in [-0.4, -0.2) is 47.5 Å². The standard InChI is InChI=1S/C18H22N4O3S/c23-18(19-11-14-8-9-14)17-7-4-10-22(17)26(24,25)16-12-20-21(13-16)15-5-2-1-3-6-15/h1-3,5-6,12-14,17H,4,7-11H2,(H,19,23). The Kier molecular flexibility index (Phi) is 4.54. The van der Waals surface area contributed by atoms with Gasteiger partial charge in [0.05, 0.1) is 18.1 Å². The molecule has 1 unspecified atom stereocenters. The second-order valence-electron chi connectivity index (χ2n) is 6.92. The van der Waals surface area contributed by atoms with Crippen molar-refractivity contribution in [2.24, 2.45) is 5.92 Å². The minimum Gasteiger partial charge on any atom is -0.354 e. The van der Waals surface area contributed by atoms with Crippen LogP contribution in [0.4, 0.5) is 0 Å². The molecule has 1 saturated heterocycles. The van der Waals surface area contributed by atoms with E-state index in [0.717, 1.165) is 18.5 Å². The van der Waals surface area contributed by atoms with Gasteiger partial charge in [-0.05, 0) is 43.7 Å². The molecule has 0 spiro atoms. The number of sulfonamides is 1. The summed E-state index contributed by atoms with van der Waals surface area (Å²) in [5, 5.41) is 7.08. The average molecular weight is 374 g/mol. The Hall–Kier alpha value is -2.19. The molecule has 1 aliphatic carbocycles. The molecule has 0 bridgehead atoms. The third-order valence-corrected chi connectivity index (χ3v) is 6.82. The van der Waals surface area contributed by atoms with Crippen LogP contribution < -0.4 is 5.32 Å². The van der Waals surface area contributed by atoms with Crippen molar-refractivity contribution in [1.29, 1.82) is 0 Å². The fourth-order valence-electron chi connectivity index (χ4n) is 3.27. The van der Waals surface area contributed by atoms with Gasteiger partial charge in [0.15, 0.2) is 0 Å².